The molecule has 1 aliphatic rings. The van der Waals surface area contributed by atoms with Crippen molar-refractivity contribution < 1.29 is 13.5 Å². The van der Waals surface area contributed by atoms with Crippen molar-refractivity contribution >= 4 is 0 Å². The highest BCUT2D eigenvalue weighted by atomic mass is 19.1. The van der Waals surface area contributed by atoms with Gasteiger partial charge in [-0.3, -0.25) is 4.90 Å². The minimum absolute atomic E-state index is 0.148. The molecule has 1 aliphatic heterocycles. The number of rotatable bonds is 4. The second kappa shape index (κ2) is 5.26. The van der Waals surface area contributed by atoms with E-state index < -0.39 is 0 Å². The molecule has 0 aliphatic carbocycles. The number of fused-ring (bicyclic) bond motifs is 1. The molecule has 2 heterocycles. The van der Waals surface area contributed by atoms with E-state index in [2.05, 4.69) is 4.90 Å². The second-order valence-corrected chi connectivity index (χ2v) is 4.88. The van der Waals surface area contributed by atoms with Gasteiger partial charge in [0.15, 0.2) is 0 Å². The topological polar surface area (TPSA) is 51.6 Å². The summed E-state index contributed by atoms with van der Waals surface area (Å²) in [5.74, 6) is 1.33. The molecule has 0 fully saturated rings. The molecule has 0 saturated heterocycles. The van der Waals surface area contributed by atoms with Crippen LogP contribution < -0.4 is 10.5 Å². The number of benzene rings is 1. The number of hydrogen-bond donors (Lipinski definition) is 1. The molecule has 2 N–H and O–H groups in total. The van der Waals surface area contributed by atoms with Crippen LogP contribution in [0.1, 0.15) is 22.9 Å². The van der Waals surface area contributed by atoms with Crippen molar-refractivity contribution in [3.05, 3.63) is 53.2 Å². The van der Waals surface area contributed by atoms with E-state index >= 15 is 0 Å². The number of nitrogens with two attached hydrogens (primary N) is 1. The molecular weight excluding hydrogens is 259 g/mol. The van der Waals surface area contributed by atoms with Crippen molar-refractivity contribution in [2.45, 2.75) is 19.1 Å². The molecule has 5 heteroatoms. The highest BCUT2D eigenvalue weighted by molar-refractivity contribution is 5.45. The molecule has 0 saturated carbocycles. The van der Waals surface area contributed by atoms with Gasteiger partial charge in [0, 0.05) is 24.2 Å². The molecule has 1 atom stereocenters. The first kappa shape index (κ1) is 13.1. The fraction of sp³-hybridized carbons (Fsp3) is 0.333. The molecular formula is C15H17FN2O2. The lowest BCUT2D eigenvalue weighted by atomic mass is 10.0. The van der Waals surface area contributed by atoms with Crippen LogP contribution in [0.15, 0.2) is 34.9 Å². The van der Waals surface area contributed by atoms with Crippen molar-refractivity contribution in [2.75, 3.05) is 13.7 Å². The van der Waals surface area contributed by atoms with Gasteiger partial charge in [-0.2, -0.15) is 0 Å². The SMILES string of the molecule is COc1ccc(F)c2c1CN(Cc1ccco1)C2CN. The lowest BCUT2D eigenvalue weighted by Crippen LogP contribution is -2.27. The lowest BCUT2D eigenvalue weighted by Gasteiger charge is -2.22. The van der Waals surface area contributed by atoms with Crippen molar-refractivity contribution in [1.82, 2.24) is 4.90 Å². The zero-order chi connectivity index (χ0) is 14.1. The van der Waals surface area contributed by atoms with E-state index in [0.717, 1.165) is 11.3 Å². The zero-order valence-corrected chi connectivity index (χ0v) is 11.3. The Hall–Kier alpha value is -1.85. The monoisotopic (exact) mass is 276 g/mol. The number of halogens is 1. The Morgan fingerprint density at radius 1 is 1.45 bits per heavy atom. The summed E-state index contributed by atoms with van der Waals surface area (Å²) in [5.41, 5.74) is 7.38. The van der Waals surface area contributed by atoms with E-state index in [-0.39, 0.29) is 11.9 Å². The van der Waals surface area contributed by atoms with Crippen LogP contribution in [0.3, 0.4) is 0 Å². The van der Waals surface area contributed by atoms with Crippen LogP contribution >= 0.6 is 0 Å². The third-order valence-corrected chi connectivity index (χ3v) is 3.78. The average molecular weight is 276 g/mol. The Morgan fingerprint density at radius 2 is 2.30 bits per heavy atom. The fourth-order valence-corrected chi connectivity index (χ4v) is 2.86. The van der Waals surface area contributed by atoms with E-state index in [1.807, 2.05) is 12.1 Å². The molecule has 1 aromatic carbocycles. The summed E-state index contributed by atoms with van der Waals surface area (Å²) in [5, 5.41) is 0. The Bertz CT molecular complexity index is 598. The van der Waals surface area contributed by atoms with Crippen LogP contribution in [0.25, 0.3) is 0 Å². The highest BCUT2D eigenvalue weighted by Gasteiger charge is 2.34. The summed E-state index contributed by atoms with van der Waals surface area (Å²) < 4.78 is 24.8. The summed E-state index contributed by atoms with van der Waals surface area (Å²) in [6.45, 7) is 1.57. The Kier molecular flexibility index (Phi) is 3.46. The van der Waals surface area contributed by atoms with E-state index in [4.69, 9.17) is 14.9 Å². The van der Waals surface area contributed by atoms with Gasteiger partial charge >= 0.3 is 0 Å². The molecule has 2 aromatic rings. The van der Waals surface area contributed by atoms with Crippen molar-refractivity contribution in [1.29, 1.82) is 0 Å². The van der Waals surface area contributed by atoms with Gasteiger partial charge in [-0.25, -0.2) is 4.39 Å². The number of furan rings is 1. The second-order valence-electron chi connectivity index (χ2n) is 4.88. The largest absolute Gasteiger partial charge is 0.496 e. The van der Waals surface area contributed by atoms with Crippen molar-refractivity contribution in [2.24, 2.45) is 5.73 Å². The van der Waals surface area contributed by atoms with Crippen LogP contribution in [0.5, 0.6) is 5.75 Å². The van der Waals surface area contributed by atoms with Crippen LogP contribution in [-0.4, -0.2) is 18.6 Å². The Morgan fingerprint density at radius 3 is 2.95 bits per heavy atom. The molecule has 0 bridgehead atoms. The molecule has 3 rings (SSSR count). The van der Waals surface area contributed by atoms with Gasteiger partial charge in [0.25, 0.3) is 0 Å². The first-order chi connectivity index (χ1) is 9.74. The maximum absolute atomic E-state index is 14.1. The normalized spacial score (nSPS) is 18.2. The molecule has 0 spiro atoms. The molecule has 1 unspecified atom stereocenters. The van der Waals surface area contributed by atoms with Gasteiger partial charge in [0.1, 0.15) is 17.3 Å². The summed E-state index contributed by atoms with van der Waals surface area (Å²) >= 11 is 0. The molecule has 4 nitrogen and oxygen atoms in total. The molecule has 1 aromatic heterocycles. The highest BCUT2D eigenvalue weighted by Crippen LogP contribution is 2.40. The van der Waals surface area contributed by atoms with Crippen LogP contribution in [0.4, 0.5) is 4.39 Å². The zero-order valence-electron chi connectivity index (χ0n) is 11.3. The van der Waals surface area contributed by atoms with Crippen LogP contribution in [0, 0.1) is 5.82 Å². The van der Waals surface area contributed by atoms with Gasteiger partial charge < -0.3 is 14.9 Å². The van der Waals surface area contributed by atoms with Crippen molar-refractivity contribution in [3.8, 4) is 5.75 Å². The van der Waals surface area contributed by atoms with Gasteiger partial charge in [-0.05, 0) is 24.3 Å². The van der Waals surface area contributed by atoms with Crippen molar-refractivity contribution in [3.63, 3.8) is 0 Å². The molecule has 0 amide bonds. The van der Waals surface area contributed by atoms with Crippen LogP contribution in [0.2, 0.25) is 0 Å². The number of methoxy groups -OCH3 is 1. The van der Waals surface area contributed by atoms with Crippen LogP contribution in [-0.2, 0) is 13.1 Å². The van der Waals surface area contributed by atoms with Gasteiger partial charge in [-0.1, -0.05) is 0 Å². The Labute approximate surface area is 116 Å². The minimum atomic E-state index is -0.224. The van der Waals surface area contributed by atoms with Gasteiger partial charge in [-0.15, -0.1) is 0 Å². The average Bonchev–Trinajstić information content (AvgIpc) is 3.07. The first-order valence-electron chi connectivity index (χ1n) is 6.56. The van der Waals surface area contributed by atoms with Gasteiger partial charge in [0.05, 0.1) is 26.0 Å². The maximum atomic E-state index is 14.1. The minimum Gasteiger partial charge on any atom is -0.496 e. The van der Waals surface area contributed by atoms with E-state index in [9.17, 15) is 4.39 Å². The predicted molar refractivity (Wildman–Crippen MR) is 72.7 cm³/mol. The summed E-state index contributed by atoms with van der Waals surface area (Å²) in [6, 6.07) is 6.71. The Balaban J connectivity index is 1.96. The fourth-order valence-electron chi connectivity index (χ4n) is 2.86. The third-order valence-electron chi connectivity index (χ3n) is 3.78. The van der Waals surface area contributed by atoms with E-state index in [1.165, 1.54) is 6.07 Å². The predicted octanol–water partition coefficient (Wildman–Crippen LogP) is 2.44. The number of hydrogen-bond acceptors (Lipinski definition) is 4. The standard InChI is InChI=1S/C15H17FN2O2/c1-19-14-5-4-12(16)15-11(14)9-18(13(15)7-17)8-10-3-2-6-20-10/h2-6,13H,7-9,17H2,1H3. The van der Waals surface area contributed by atoms with E-state index in [0.29, 0.717) is 30.9 Å². The summed E-state index contributed by atoms with van der Waals surface area (Å²) in [7, 11) is 1.60. The molecule has 106 valence electrons. The lowest BCUT2D eigenvalue weighted by molar-refractivity contribution is 0.191. The smallest absolute Gasteiger partial charge is 0.128 e. The van der Waals surface area contributed by atoms with E-state index in [1.54, 1.807) is 19.4 Å². The maximum Gasteiger partial charge on any atom is 0.128 e. The summed E-state index contributed by atoms with van der Waals surface area (Å²) in [4.78, 5) is 2.11. The molecule has 0 radical (unpaired) electrons. The summed E-state index contributed by atoms with van der Waals surface area (Å²) in [6.07, 6.45) is 1.64. The third kappa shape index (κ3) is 2.09. The number of nitrogens with zero attached hydrogens (tertiary/aromatic N) is 1. The van der Waals surface area contributed by atoms with Gasteiger partial charge in [0.2, 0.25) is 0 Å². The number of ether oxygens (including phenoxy) is 1. The molecule has 20 heavy (non-hydrogen) atoms. The quantitative estimate of drug-likeness (QED) is 0.932. The first-order valence-corrected chi connectivity index (χ1v) is 6.56.